The third-order valence-corrected chi connectivity index (χ3v) is 3.59. The van der Waals surface area contributed by atoms with Crippen LogP contribution in [0, 0.1) is 0 Å². The van der Waals surface area contributed by atoms with Crippen molar-refractivity contribution in [2.24, 2.45) is 5.73 Å². The van der Waals surface area contributed by atoms with E-state index < -0.39 is 29.2 Å². The van der Waals surface area contributed by atoms with Gasteiger partial charge in [0.25, 0.3) is 5.56 Å². The van der Waals surface area contributed by atoms with Gasteiger partial charge < -0.3 is 5.73 Å². The van der Waals surface area contributed by atoms with Gasteiger partial charge in [-0.3, -0.25) is 14.2 Å². The molecule has 0 aliphatic heterocycles. The molecular formula is C11H9F3N2O2S. The molecule has 0 saturated carbocycles. The first kappa shape index (κ1) is 13.8. The minimum Gasteiger partial charge on any atom is -0.328 e. The molecule has 1 heterocycles. The van der Waals surface area contributed by atoms with Gasteiger partial charge >= 0.3 is 11.0 Å². The Bertz CT molecular complexity index is 720. The molecule has 0 fully saturated rings. The summed E-state index contributed by atoms with van der Waals surface area (Å²) in [6.45, 7) is -0.857. The largest absolute Gasteiger partial charge is 0.410 e. The van der Waals surface area contributed by atoms with Crippen LogP contribution in [0.1, 0.15) is 6.04 Å². The van der Waals surface area contributed by atoms with Crippen LogP contribution in [-0.4, -0.2) is 17.3 Å². The predicted molar refractivity (Wildman–Crippen MR) is 66.5 cm³/mol. The monoisotopic (exact) mass is 290 g/mol. The number of hydrogen-bond acceptors (Lipinski definition) is 4. The predicted octanol–water partition coefficient (Wildman–Crippen LogP) is 1.49. The molecule has 1 unspecified atom stereocenters. The number of benzene rings is 1. The zero-order valence-corrected chi connectivity index (χ0v) is 10.3. The Morgan fingerprint density at radius 1 is 1.26 bits per heavy atom. The molecule has 0 bridgehead atoms. The van der Waals surface area contributed by atoms with Crippen LogP contribution < -0.4 is 16.2 Å². The first-order valence-electron chi connectivity index (χ1n) is 5.27. The summed E-state index contributed by atoms with van der Waals surface area (Å²) < 4.78 is 38.9. The molecule has 1 atom stereocenters. The molecule has 0 aliphatic carbocycles. The molecule has 0 amide bonds. The standard InChI is InChI=1S/C11H9F3N2O2S/c12-11(13,14)8(5-15)16-9(17)6-3-1-2-4-7(6)19-10(16)18/h1-4,8H,5,15H2. The van der Waals surface area contributed by atoms with E-state index >= 15 is 0 Å². The van der Waals surface area contributed by atoms with E-state index in [1.165, 1.54) is 18.2 Å². The summed E-state index contributed by atoms with van der Waals surface area (Å²) in [6, 6.07) is 3.72. The van der Waals surface area contributed by atoms with Gasteiger partial charge in [-0.2, -0.15) is 13.2 Å². The average molecular weight is 290 g/mol. The van der Waals surface area contributed by atoms with E-state index in [0.717, 1.165) is 0 Å². The van der Waals surface area contributed by atoms with Gasteiger partial charge in [-0.1, -0.05) is 23.5 Å². The van der Waals surface area contributed by atoms with Crippen LogP contribution in [0.2, 0.25) is 0 Å². The van der Waals surface area contributed by atoms with Gasteiger partial charge in [0, 0.05) is 11.2 Å². The van der Waals surface area contributed by atoms with Crippen LogP contribution >= 0.6 is 11.3 Å². The van der Waals surface area contributed by atoms with Crippen molar-refractivity contribution in [2.45, 2.75) is 12.2 Å². The fraction of sp³-hybridized carbons (Fsp3) is 0.273. The Morgan fingerprint density at radius 2 is 1.89 bits per heavy atom. The molecule has 4 nitrogen and oxygen atoms in total. The highest BCUT2D eigenvalue weighted by Gasteiger charge is 2.41. The van der Waals surface area contributed by atoms with Crippen molar-refractivity contribution in [2.75, 3.05) is 6.54 Å². The highest BCUT2D eigenvalue weighted by atomic mass is 32.1. The number of fused-ring (bicyclic) bond motifs is 1. The van der Waals surface area contributed by atoms with Crippen LogP contribution in [0.4, 0.5) is 13.2 Å². The lowest BCUT2D eigenvalue weighted by Gasteiger charge is -2.20. The second-order valence-corrected chi connectivity index (χ2v) is 4.83. The zero-order valence-electron chi connectivity index (χ0n) is 9.48. The number of hydrogen-bond donors (Lipinski definition) is 1. The van der Waals surface area contributed by atoms with E-state index in [9.17, 15) is 22.8 Å². The summed E-state index contributed by atoms with van der Waals surface area (Å²) in [6.07, 6.45) is -4.74. The lowest BCUT2D eigenvalue weighted by molar-refractivity contribution is -0.166. The lowest BCUT2D eigenvalue weighted by Crippen LogP contribution is -2.44. The van der Waals surface area contributed by atoms with Crippen molar-refractivity contribution in [3.63, 3.8) is 0 Å². The van der Waals surface area contributed by atoms with Gasteiger partial charge in [-0.15, -0.1) is 0 Å². The van der Waals surface area contributed by atoms with Gasteiger partial charge in [-0.05, 0) is 12.1 Å². The van der Waals surface area contributed by atoms with Gasteiger partial charge in [0.2, 0.25) is 0 Å². The lowest BCUT2D eigenvalue weighted by atomic mass is 10.2. The van der Waals surface area contributed by atoms with E-state index in [4.69, 9.17) is 5.73 Å². The molecule has 0 aliphatic rings. The van der Waals surface area contributed by atoms with Crippen molar-refractivity contribution in [3.05, 3.63) is 44.3 Å². The van der Waals surface area contributed by atoms with Crippen molar-refractivity contribution in [1.82, 2.24) is 4.57 Å². The Labute approximate surface area is 108 Å². The molecule has 0 radical (unpaired) electrons. The Hall–Kier alpha value is -1.67. The van der Waals surface area contributed by atoms with Gasteiger partial charge in [0.05, 0.1) is 5.39 Å². The summed E-state index contributed by atoms with van der Waals surface area (Å²) in [5.74, 6) is 0. The van der Waals surface area contributed by atoms with Gasteiger partial charge in [-0.25, -0.2) is 0 Å². The van der Waals surface area contributed by atoms with Crippen molar-refractivity contribution < 1.29 is 13.2 Å². The number of halogens is 3. The minimum atomic E-state index is -4.74. The summed E-state index contributed by atoms with van der Waals surface area (Å²) in [5.41, 5.74) is 4.09. The SMILES string of the molecule is NCC(n1c(=O)sc2ccccc2c1=O)C(F)(F)F. The third-order valence-electron chi connectivity index (χ3n) is 2.64. The Balaban J connectivity index is 2.81. The van der Waals surface area contributed by atoms with Crippen molar-refractivity contribution in [3.8, 4) is 0 Å². The third kappa shape index (κ3) is 2.41. The van der Waals surface area contributed by atoms with Crippen LogP contribution in [-0.2, 0) is 0 Å². The van der Waals surface area contributed by atoms with E-state index in [1.807, 2.05) is 0 Å². The van der Waals surface area contributed by atoms with E-state index in [2.05, 4.69) is 0 Å². The number of aromatic nitrogens is 1. The molecule has 1 aromatic carbocycles. The van der Waals surface area contributed by atoms with Crippen molar-refractivity contribution in [1.29, 1.82) is 0 Å². The maximum absolute atomic E-state index is 12.8. The fourth-order valence-corrected chi connectivity index (χ4v) is 2.65. The first-order chi connectivity index (χ1) is 8.86. The highest BCUT2D eigenvalue weighted by Crippen LogP contribution is 2.28. The molecular weight excluding hydrogens is 281 g/mol. The van der Waals surface area contributed by atoms with Crippen LogP contribution in [0.25, 0.3) is 10.1 Å². The second kappa shape index (κ2) is 4.78. The zero-order chi connectivity index (χ0) is 14.2. The summed E-state index contributed by atoms with van der Waals surface area (Å²) >= 11 is 0.594. The Morgan fingerprint density at radius 3 is 2.47 bits per heavy atom. The van der Waals surface area contributed by atoms with E-state index in [1.54, 1.807) is 6.07 Å². The Kier molecular flexibility index (Phi) is 3.46. The molecule has 102 valence electrons. The molecule has 2 N–H and O–H groups in total. The summed E-state index contributed by atoms with van der Waals surface area (Å²) in [7, 11) is 0. The first-order valence-corrected chi connectivity index (χ1v) is 6.09. The van der Waals surface area contributed by atoms with Gasteiger partial charge in [0.1, 0.15) is 6.04 Å². The number of alkyl halides is 3. The minimum absolute atomic E-state index is 0.0785. The average Bonchev–Trinajstić information content (AvgIpc) is 2.32. The van der Waals surface area contributed by atoms with E-state index in [-0.39, 0.29) is 9.95 Å². The molecule has 0 spiro atoms. The van der Waals surface area contributed by atoms with Crippen LogP contribution in [0.5, 0.6) is 0 Å². The van der Waals surface area contributed by atoms with Crippen LogP contribution in [0.15, 0.2) is 33.9 Å². The molecule has 0 saturated heterocycles. The summed E-state index contributed by atoms with van der Waals surface area (Å²) in [5, 5.41) is 0.0785. The maximum atomic E-state index is 12.8. The maximum Gasteiger partial charge on any atom is 0.410 e. The molecule has 8 heteroatoms. The second-order valence-electron chi connectivity index (χ2n) is 3.83. The van der Waals surface area contributed by atoms with Gasteiger partial charge in [0.15, 0.2) is 0 Å². The number of nitrogens with zero attached hydrogens (tertiary/aromatic N) is 1. The van der Waals surface area contributed by atoms with Crippen molar-refractivity contribution >= 4 is 21.4 Å². The molecule has 2 aromatic rings. The molecule has 1 aromatic heterocycles. The van der Waals surface area contributed by atoms with Crippen LogP contribution in [0.3, 0.4) is 0 Å². The smallest absolute Gasteiger partial charge is 0.328 e. The summed E-state index contributed by atoms with van der Waals surface area (Å²) in [4.78, 5) is 22.8. The fourth-order valence-electron chi connectivity index (χ4n) is 1.74. The number of rotatable bonds is 2. The normalized spacial score (nSPS) is 13.7. The van der Waals surface area contributed by atoms with E-state index in [0.29, 0.717) is 16.0 Å². The topological polar surface area (TPSA) is 65.1 Å². The quantitative estimate of drug-likeness (QED) is 0.911. The highest BCUT2D eigenvalue weighted by molar-refractivity contribution is 7.16. The molecule has 19 heavy (non-hydrogen) atoms. The number of nitrogens with two attached hydrogens (primary N) is 1. The molecule has 2 rings (SSSR count).